The lowest BCUT2D eigenvalue weighted by Gasteiger charge is -2.26. The van der Waals surface area contributed by atoms with Crippen molar-refractivity contribution in [2.24, 2.45) is 0 Å². The van der Waals surface area contributed by atoms with Crippen molar-refractivity contribution in [1.82, 2.24) is 9.29 Å². The first kappa shape index (κ1) is 20.0. The summed E-state index contributed by atoms with van der Waals surface area (Å²) in [6, 6.07) is 13.2. The van der Waals surface area contributed by atoms with Crippen molar-refractivity contribution in [2.45, 2.75) is 18.7 Å². The molecule has 4 rings (SSSR count). The van der Waals surface area contributed by atoms with Crippen molar-refractivity contribution in [3.05, 3.63) is 59.0 Å². The van der Waals surface area contributed by atoms with E-state index in [9.17, 15) is 8.42 Å². The van der Waals surface area contributed by atoms with E-state index in [1.54, 1.807) is 12.1 Å². The SMILES string of the molecule is Cc1cc(C)cc(Nc2nc(-c3ccc(S(=O)(=O)N4CCOCC4)cc3)cs2)c1. The molecule has 0 bridgehead atoms. The van der Waals surface area contributed by atoms with Crippen LogP contribution < -0.4 is 5.32 Å². The van der Waals surface area contributed by atoms with E-state index in [4.69, 9.17) is 4.74 Å². The van der Waals surface area contributed by atoms with Gasteiger partial charge in [-0.1, -0.05) is 18.2 Å². The third-order valence-corrected chi connectivity index (χ3v) is 7.41. The summed E-state index contributed by atoms with van der Waals surface area (Å²) >= 11 is 1.52. The second-order valence-corrected chi connectivity index (χ2v) is 9.88. The van der Waals surface area contributed by atoms with Crippen molar-refractivity contribution in [1.29, 1.82) is 0 Å². The number of ether oxygens (including phenoxy) is 1. The fourth-order valence-corrected chi connectivity index (χ4v) is 5.52. The predicted molar refractivity (Wildman–Crippen MR) is 116 cm³/mol. The van der Waals surface area contributed by atoms with Crippen LogP contribution in [-0.2, 0) is 14.8 Å². The van der Waals surface area contributed by atoms with Crippen LogP contribution in [0.1, 0.15) is 11.1 Å². The van der Waals surface area contributed by atoms with Gasteiger partial charge in [0, 0.05) is 29.7 Å². The zero-order valence-electron chi connectivity index (χ0n) is 16.4. The van der Waals surface area contributed by atoms with E-state index < -0.39 is 10.0 Å². The highest BCUT2D eigenvalue weighted by Gasteiger charge is 2.26. The maximum Gasteiger partial charge on any atom is 0.243 e. The first-order chi connectivity index (χ1) is 13.9. The van der Waals surface area contributed by atoms with E-state index >= 15 is 0 Å². The van der Waals surface area contributed by atoms with Gasteiger partial charge in [-0.15, -0.1) is 11.3 Å². The van der Waals surface area contributed by atoms with Crippen LogP contribution in [-0.4, -0.2) is 44.0 Å². The third-order valence-electron chi connectivity index (χ3n) is 4.74. The number of nitrogens with one attached hydrogen (secondary N) is 1. The zero-order chi connectivity index (χ0) is 20.4. The molecule has 0 unspecified atom stereocenters. The highest BCUT2D eigenvalue weighted by atomic mass is 32.2. The van der Waals surface area contributed by atoms with Gasteiger partial charge in [0.15, 0.2) is 5.13 Å². The summed E-state index contributed by atoms with van der Waals surface area (Å²) in [4.78, 5) is 4.95. The summed E-state index contributed by atoms with van der Waals surface area (Å²) in [5.74, 6) is 0. The summed E-state index contributed by atoms with van der Waals surface area (Å²) in [5, 5.41) is 6.12. The average molecular weight is 430 g/mol. The highest BCUT2D eigenvalue weighted by Crippen LogP contribution is 2.29. The van der Waals surface area contributed by atoms with Crippen molar-refractivity contribution in [2.75, 3.05) is 31.6 Å². The van der Waals surface area contributed by atoms with Crippen LogP contribution in [0.4, 0.5) is 10.8 Å². The normalized spacial score (nSPS) is 15.4. The Morgan fingerprint density at radius 2 is 1.69 bits per heavy atom. The lowest BCUT2D eigenvalue weighted by Crippen LogP contribution is -2.40. The van der Waals surface area contributed by atoms with Crippen molar-refractivity contribution >= 4 is 32.2 Å². The van der Waals surface area contributed by atoms with Gasteiger partial charge in [-0.2, -0.15) is 4.31 Å². The molecule has 6 nitrogen and oxygen atoms in total. The van der Waals surface area contributed by atoms with Crippen LogP contribution in [0.25, 0.3) is 11.3 Å². The average Bonchev–Trinajstić information content (AvgIpc) is 3.16. The molecule has 0 aliphatic carbocycles. The highest BCUT2D eigenvalue weighted by molar-refractivity contribution is 7.89. The number of benzene rings is 2. The first-order valence-corrected chi connectivity index (χ1v) is 11.7. The number of anilines is 2. The maximum absolute atomic E-state index is 12.7. The number of morpholine rings is 1. The Kier molecular flexibility index (Phi) is 5.69. The molecule has 2 aromatic carbocycles. The standard InChI is InChI=1S/C21H23N3O3S2/c1-15-11-16(2)13-18(12-15)22-21-23-20(14-28-21)17-3-5-19(6-4-17)29(25,26)24-7-9-27-10-8-24/h3-6,11-14H,7-10H2,1-2H3,(H,22,23). The zero-order valence-corrected chi connectivity index (χ0v) is 18.0. The van der Waals surface area contributed by atoms with Gasteiger partial charge < -0.3 is 10.1 Å². The lowest BCUT2D eigenvalue weighted by atomic mass is 10.1. The minimum atomic E-state index is -3.48. The van der Waals surface area contributed by atoms with Gasteiger partial charge in [0.2, 0.25) is 10.0 Å². The second-order valence-electron chi connectivity index (χ2n) is 7.08. The number of nitrogens with zero attached hydrogens (tertiary/aromatic N) is 2. The van der Waals surface area contributed by atoms with Gasteiger partial charge in [-0.25, -0.2) is 13.4 Å². The Bertz CT molecular complexity index is 1080. The van der Waals surface area contributed by atoms with E-state index in [2.05, 4.69) is 42.3 Å². The first-order valence-electron chi connectivity index (χ1n) is 9.41. The monoisotopic (exact) mass is 429 g/mol. The smallest absolute Gasteiger partial charge is 0.243 e. The minimum absolute atomic E-state index is 0.298. The Morgan fingerprint density at radius 1 is 1.03 bits per heavy atom. The third kappa shape index (κ3) is 4.51. The summed E-state index contributed by atoms with van der Waals surface area (Å²) in [5.41, 5.74) is 5.10. The molecule has 1 aromatic heterocycles. The minimum Gasteiger partial charge on any atom is -0.379 e. The Labute approximate surface area is 175 Å². The molecule has 1 aliphatic rings. The second kappa shape index (κ2) is 8.23. The van der Waals surface area contributed by atoms with Gasteiger partial charge in [0.05, 0.1) is 23.8 Å². The molecule has 0 spiro atoms. The number of thiazole rings is 1. The molecule has 8 heteroatoms. The fourth-order valence-electron chi connectivity index (χ4n) is 3.37. The van der Waals surface area contributed by atoms with Crippen LogP contribution in [0.5, 0.6) is 0 Å². The van der Waals surface area contributed by atoms with Crippen molar-refractivity contribution in [3.63, 3.8) is 0 Å². The van der Waals surface area contributed by atoms with Crippen molar-refractivity contribution < 1.29 is 13.2 Å². The Hall–Kier alpha value is -2.26. The molecule has 1 fully saturated rings. The molecular formula is C21H23N3O3S2. The molecule has 1 aliphatic heterocycles. The molecule has 1 N–H and O–H groups in total. The molecule has 0 saturated carbocycles. The summed E-state index contributed by atoms with van der Waals surface area (Å²) < 4.78 is 32.2. The molecule has 3 aromatic rings. The van der Waals surface area contributed by atoms with Crippen LogP contribution in [0.3, 0.4) is 0 Å². The molecule has 1 saturated heterocycles. The number of rotatable bonds is 5. The lowest BCUT2D eigenvalue weighted by molar-refractivity contribution is 0.0730. The molecular weight excluding hydrogens is 406 g/mol. The number of hydrogen-bond acceptors (Lipinski definition) is 6. The number of sulfonamides is 1. The topological polar surface area (TPSA) is 71.5 Å². The molecule has 0 atom stereocenters. The van der Waals surface area contributed by atoms with Crippen molar-refractivity contribution in [3.8, 4) is 11.3 Å². The van der Waals surface area contributed by atoms with Gasteiger partial charge >= 0.3 is 0 Å². The molecule has 2 heterocycles. The summed E-state index contributed by atoms with van der Waals surface area (Å²) in [7, 11) is -3.48. The van der Waals surface area contributed by atoms with Gasteiger partial charge in [-0.05, 0) is 49.2 Å². The number of hydrogen-bond donors (Lipinski definition) is 1. The van der Waals surface area contributed by atoms with Crippen LogP contribution >= 0.6 is 11.3 Å². The van der Waals surface area contributed by atoms with E-state index in [0.29, 0.717) is 31.2 Å². The largest absolute Gasteiger partial charge is 0.379 e. The maximum atomic E-state index is 12.7. The van der Waals surface area contributed by atoms with E-state index in [1.807, 2.05) is 17.5 Å². The van der Waals surface area contributed by atoms with E-state index in [1.165, 1.54) is 26.8 Å². The van der Waals surface area contributed by atoms with Crippen LogP contribution in [0, 0.1) is 13.8 Å². The van der Waals surface area contributed by atoms with Crippen LogP contribution in [0.2, 0.25) is 0 Å². The molecule has 0 radical (unpaired) electrons. The Morgan fingerprint density at radius 3 is 2.34 bits per heavy atom. The van der Waals surface area contributed by atoms with Gasteiger partial charge in [0.1, 0.15) is 0 Å². The molecule has 0 amide bonds. The Balaban J connectivity index is 1.51. The summed E-state index contributed by atoms with van der Waals surface area (Å²) in [6.45, 7) is 5.79. The van der Waals surface area contributed by atoms with Crippen LogP contribution in [0.15, 0.2) is 52.7 Å². The summed E-state index contributed by atoms with van der Waals surface area (Å²) in [6.07, 6.45) is 0. The quantitative estimate of drug-likeness (QED) is 0.658. The predicted octanol–water partition coefficient (Wildman–Crippen LogP) is 4.19. The van der Waals surface area contributed by atoms with Gasteiger partial charge in [0.25, 0.3) is 0 Å². The number of aryl methyl sites for hydroxylation is 2. The van der Waals surface area contributed by atoms with E-state index in [0.717, 1.165) is 22.1 Å². The number of aromatic nitrogens is 1. The molecule has 29 heavy (non-hydrogen) atoms. The van der Waals surface area contributed by atoms with Gasteiger partial charge in [-0.3, -0.25) is 0 Å². The molecule has 152 valence electrons. The fraction of sp³-hybridized carbons (Fsp3) is 0.286. The van der Waals surface area contributed by atoms with E-state index in [-0.39, 0.29) is 0 Å².